The molecule has 4 aromatic carbocycles. The van der Waals surface area contributed by atoms with Crippen molar-refractivity contribution in [2.45, 2.75) is 37.5 Å². The third-order valence-corrected chi connectivity index (χ3v) is 7.22. The predicted molar refractivity (Wildman–Crippen MR) is 149 cm³/mol. The maximum Gasteiger partial charge on any atom is 0.167 e. The lowest BCUT2D eigenvalue weighted by Crippen LogP contribution is -2.02. The molecule has 2 N–H and O–H groups in total. The van der Waals surface area contributed by atoms with Gasteiger partial charge in [0.25, 0.3) is 0 Å². The maximum atomic E-state index is 10.9. The number of hydrogen-bond acceptors (Lipinski definition) is 6. The summed E-state index contributed by atoms with van der Waals surface area (Å²) in [5, 5.41) is 21.5. The van der Waals surface area contributed by atoms with Crippen molar-refractivity contribution in [2.75, 3.05) is 0 Å². The van der Waals surface area contributed by atoms with Gasteiger partial charge in [0.1, 0.15) is 11.5 Å². The number of aromatic nitrogens is 3. The zero-order valence-electron chi connectivity index (χ0n) is 21.1. The second-order valence-corrected chi connectivity index (χ2v) is 10.3. The summed E-state index contributed by atoms with van der Waals surface area (Å²) < 4.78 is 0. The van der Waals surface area contributed by atoms with Crippen molar-refractivity contribution < 1.29 is 10.2 Å². The summed E-state index contributed by atoms with van der Waals surface area (Å²) in [6.07, 6.45) is 0. The lowest BCUT2D eigenvalue weighted by molar-refractivity contribution is 0.443. The number of aryl methyl sites for hydroxylation is 4. The van der Waals surface area contributed by atoms with E-state index in [4.69, 9.17) is 15.0 Å². The molecule has 5 aromatic rings. The molecular weight excluding hydrogens is 478 g/mol. The molecule has 6 heteroatoms. The van der Waals surface area contributed by atoms with Crippen molar-refractivity contribution in [3.63, 3.8) is 0 Å². The smallest absolute Gasteiger partial charge is 0.167 e. The molecule has 0 aliphatic rings. The molecule has 184 valence electrons. The van der Waals surface area contributed by atoms with E-state index >= 15 is 0 Å². The Hall–Kier alpha value is -4.16. The van der Waals surface area contributed by atoms with E-state index in [0.717, 1.165) is 38.3 Å². The SMILES string of the molecule is Cc1ccc(-c2nc(-c3ccc(C)cc3C)nc(-c3cc(Sc4ccccc4)c(O)cc3O)n2)c(C)c1. The monoisotopic (exact) mass is 505 g/mol. The third kappa shape index (κ3) is 5.20. The average molecular weight is 506 g/mol. The Morgan fingerprint density at radius 2 is 1.05 bits per heavy atom. The first-order valence-electron chi connectivity index (χ1n) is 12.0. The Kier molecular flexibility index (Phi) is 6.68. The molecule has 0 saturated heterocycles. The van der Waals surface area contributed by atoms with Gasteiger partial charge in [0.15, 0.2) is 17.5 Å². The first kappa shape index (κ1) is 24.5. The van der Waals surface area contributed by atoms with Crippen molar-refractivity contribution >= 4 is 11.8 Å². The standard InChI is InChI=1S/C31H27N3O2S/c1-18-10-12-23(20(3)14-18)29-32-30(24-13-11-19(2)15-21(24)4)34-31(33-29)25-16-28(27(36)17-26(25)35)37-22-8-6-5-7-9-22/h5-17,35-36H,1-4H3. The van der Waals surface area contributed by atoms with E-state index in [1.165, 1.54) is 17.8 Å². The Bertz CT molecular complexity index is 1550. The molecule has 0 aliphatic carbocycles. The Labute approximate surface area is 220 Å². The normalized spacial score (nSPS) is 11.0. The number of rotatable bonds is 5. The number of phenols is 2. The van der Waals surface area contributed by atoms with E-state index in [1.54, 1.807) is 6.07 Å². The Morgan fingerprint density at radius 3 is 1.57 bits per heavy atom. The minimum atomic E-state index is -0.0979. The summed E-state index contributed by atoms with van der Waals surface area (Å²) in [6, 6.07) is 25.2. The molecule has 5 rings (SSSR count). The van der Waals surface area contributed by atoms with Crippen LogP contribution in [0.25, 0.3) is 34.2 Å². The van der Waals surface area contributed by atoms with Crippen LogP contribution in [-0.2, 0) is 0 Å². The van der Waals surface area contributed by atoms with E-state index < -0.39 is 0 Å². The van der Waals surface area contributed by atoms with Crippen LogP contribution >= 0.6 is 11.8 Å². The summed E-state index contributed by atoms with van der Waals surface area (Å²) in [7, 11) is 0. The molecule has 0 radical (unpaired) electrons. The fourth-order valence-electron chi connectivity index (χ4n) is 4.30. The molecule has 0 fully saturated rings. The third-order valence-electron chi connectivity index (χ3n) is 6.17. The molecule has 0 bridgehead atoms. The molecule has 1 heterocycles. The highest BCUT2D eigenvalue weighted by atomic mass is 32.2. The van der Waals surface area contributed by atoms with Crippen LogP contribution in [0.2, 0.25) is 0 Å². The van der Waals surface area contributed by atoms with Crippen LogP contribution in [0.4, 0.5) is 0 Å². The summed E-state index contributed by atoms with van der Waals surface area (Å²) in [4.78, 5) is 16.0. The van der Waals surface area contributed by atoms with Crippen LogP contribution in [0, 0.1) is 27.7 Å². The van der Waals surface area contributed by atoms with Crippen molar-refractivity contribution in [3.05, 3.63) is 101 Å². The highest BCUT2D eigenvalue weighted by molar-refractivity contribution is 7.99. The second-order valence-electron chi connectivity index (χ2n) is 9.20. The lowest BCUT2D eigenvalue weighted by atomic mass is 10.0. The van der Waals surface area contributed by atoms with Crippen LogP contribution in [-0.4, -0.2) is 25.2 Å². The van der Waals surface area contributed by atoms with Gasteiger partial charge in [-0.05, 0) is 57.0 Å². The van der Waals surface area contributed by atoms with E-state index in [2.05, 4.69) is 26.0 Å². The van der Waals surface area contributed by atoms with Gasteiger partial charge in [-0.1, -0.05) is 77.5 Å². The Morgan fingerprint density at radius 1 is 0.541 bits per heavy atom. The second kappa shape index (κ2) is 10.1. The summed E-state index contributed by atoms with van der Waals surface area (Å²) in [5.41, 5.74) is 6.65. The first-order chi connectivity index (χ1) is 17.8. The largest absolute Gasteiger partial charge is 0.507 e. The van der Waals surface area contributed by atoms with Gasteiger partial charge in [-0.25, -0.2) is 15.0 Å². The van der Waals surface area contributed by atoms with Crippen LogP contribution in [0.3, 0.4) is 0 Å². The minimum Gasteiger partial charge on any atom is -0.507 e. The van der Waals surface area contributed by atoms with Gasteiger partial charge in [-0.3, -0.25) is 0 Å². The van der Waals surface area contributed by atoms with Crippen LogP contribution in [0.5, 0.6) is 11.5 Å². The van der Waals surface area contributed by atoms with Crippen molar-refractivity contribution in [2.24, 2.45) is 0 Å². The summed E-state index contributed by atoms with van der Waals surface area (Å²) in [6.45, 7) is 8.18. The lowest BCUT2D eigenvalue weighted by Gasteiger charge is -2.13. The van der Waals surface area contributed by atoms with Crippen molar-refractivity contribution in [1.29, 1.82) is 0 Å². The summed E-state index contributed by atoms with van der Waals surface area (Å²) >= 11 is 1.41. The van der Waals surface area contributed by atoms with E-state index in [0.29, 0.717) is 27.9 Å². The number of phenolic OH excluding ortho intramolecular Hbond substituents is 2. The first-order valence-corrected chi connectivity index (χ1v) is 12.8. The van der Waals surface area contributed by atoms with Gasteiger partial charge in [0.2, 0.25) is 0 Å². The van der Waals surface area contributed by atoms with Gasteiger partial charge >= 0.3 is 0 Å². The van der Waals surface area contributed by atoms with Crippen molar-refractivity contribution in [1.82, 2.24) is 15.0 Å². The quantitative estimate of drug-likeness (QED) is 0.255. The molecule has 0 amide bonds. The zero-order chi connectivity index (χ0) is 26.1. The molecule has 1 aromatic heterocycles. The predicted octanol–water partition coefficient (Wildman–Crippen LogP) is 7.67. The summed E-state index contributed by atoms with van der Waals surface area (Å²) in [5.74, 6) is 1.30. The molecule has 37 heavy (non-hydrogen) atoms. The van der Waals surface area contributed by atoms with E-state index in [-0.39, 0.29) is 11.5 Å². The van der Waals surface area contributed by atoms with Gasteiger partial charge < -0.3 is 10.2 Å². The highest BCUT2D eigenvalue weighted by Crippen LogP contribution is 2.41. The molecule has 0 atom stereocenters. The molecule has 0 aliphatic heterocycles. The number of nitrogens with zero attached hydrogens (tertiary/aromatic N) is 3. The van der Waals surface area contributed by atoms with E-state index in [1.807, 2.05) is 68.4 Å². The molecule has 5 nitrogen and oxygen atoms in total. The topological polar surface area (TPSA) is 79.1 Å². The molecular formula is C31H27N3O2S. The van der Waals surface area contributed by atoms with Gasteiger partial charge in [-0.15, -0.1) is 0 Å². The van der Waals surface area contributed by atoms with Gasteiger partial charge in [0.05, 0.1) is 10.5 Å². The van der Waals surface area contributed by atoms with Gasteiger partial charge in [-0.2, -0.15) is 0 Å². The minimum absolute atomic E-state index is 0.00614. The Balaban J connectivity index is 1.71. The average Bonchev–Trinajstić information content (AvgIpc) is 2.86. The molecule has 0 unspecified atom stereocenters. The number of aromatic hydroxyl groups is 2. The fourth-order valence-corrected chi connectivity index (χ4v) is 5.19. The number of benzene rings is 4. The van der Waals surface area contributed by atoms with Crippen molar-refractivity contribution in [3.8, 4) is 45.7 Å². The number of hydrogen-bond donors (Lipinski definition) is 2. The van der Waals surface area contributed by atoms with Crippen LogP contribution in [0.1, 0.15) is 22.3 Å². The van der Waals surface area contributed by atoms with Crippen LogP contribution in [0.15, 0.2) is 88.7 Å². The fraction of sp³-hybridized carbons (Fsp3) is 0.129. The highest BCUT2D eigenvalue weighted by Gasteiger charge is 2.19. The maximum absolute atomic E-state index is 10.9. The zero-order valence-corrected chi connectivity index (χ0v) is 22.0. The molecule has 0 spiro atoms. The van der Waals surface area contributed by atoms with E-state index in [9.17, 15) is 10.2 Å². The molecule has 0 saturated carbocycles. The van der Waals surface area contributed by atoms with Gasteiger partial charge in [0, 0.05) is 22.1 Å². The van der Waals surface area contributed by atoms with Crippen LogP contribution < -0.4 is 0 Å².